The van der Waals surface area contributed by atoms with Crippen molar-refractivity contribution in [1.82, 2.24) is 9.80 Å². The van der Waals surface area contributed by atoms with Gasteiger partial charge >= 0.3 is 6.09 Å². The second-order valence-electron chi connectivity index (χ2n) is 6.52. The van der Waals surface area contributed by atoms with Crippen LogP contribution in [0.2, 0.25) is 0 Å². The lowest BCUT2D eigenvalue weighted by atomic mass is 10.2. The van der Waals surface area contributed by atoms with E-state index in [9.17, 15) is 4.79 Å². The third-order valence-corrected chi connectivity index (χ3v) is 3.00. The summed E-state index contributed by atoms with van der Waals surface area (Å²) in [5, 5.41) is 0. The maximum absolute atomic E-state index is 11.8. The second kappa shape index (κ2) is 11.7. The average molecular weight is 318 g/mol. The minimum absolute atomic E-state index is 0.262. The zero-order valence-corrected chi connectivity index (χ0v) is 15.2. The minimum atomic E-state index is -0.440. The first kappa shape index (κ1) is 21.1. The first-order chi connectivity index (χ1) is 10.3. The third-order valence-electron chi connectivity index (χ3n) is 3.00. The fourth-order valence-corrected chi connectivity index (χ4v) is 1.80. The van der Waals surface area contributed by atoms with Crippen LogP contribution in [0.3, 0.4) is 0 Å². The number of carbonyl (C=O) groups excluding carboxylic acids is 1. The first-order valence-corrected chi connectivity index (χ1v) is 7.95. The maximum atomic E-state index is 11.8. The number of hydrogen-bond acceptors (Lipinski definition) is 5. The molecule has 0 saturated carbocycles. The van der Waals surface area contributed by atoms with Gasteiger partial charge in [0.05, 0.1) is 13.2 Å². The number of hydrogen-bond donors (Lipinski definition) is 0. The van der Waals surface area contributed by atoms with Crippen LogP contribution in [0.25, 0.3) is 0 Å². The van der Waals surface area contributed by atoms with Crippen LogP contribution in [0.15, 0.2) is 0 Å². The molecular formula is C16H34N2O4. The van der Waals surface area contributed by atoms with Gasteiger partial charge in [-0.2, -0.15) is 0 Å². The summed E-state index contributed by atoms with van der Waals surface area (Å²) in [5.41, 5.74) is -0.440. The zero-order valence-electron chi connectivity index (χ0n) is 15.2. The van der Waals surface area contributed by atoms with Gasteiger partial charge in [-0.05, 0) is 47.2 Å². The molecule has 6 heteroatoms. The summed E-state index contributed by atoms with van der Waals surface area (Å²) in [5.74, 6) is 0. The van der Waals surface area contributed by atoms with Crippen LogP contribution in [-0.4, -0.2) is 82.2 Å². The monoisotopic (exact) mass is 318 g/mol. The molecule has 0 fully saturated rings. The highest BCUT2D eigenvalue weighted by atomic mass is 16.6. The van der Waals surface area contributed by atoms with E-state index in [1.165, 1.54) is 0 Å². The van der Waals surface area contributed by atoms with Gasteiger partial charge in [0.25, 0.3) is 0 Å². The molecule has 0 atom stereocenters. The van der Waals surface area contributed by atoms with E-state index in [1.54, 1.807) is 19.1 Å². The maximum Gasteiger partial charge on any atom is 0.410 e. The number of amides is 1. The molecule has 0 aliphatic carbocycles. The minimum Gasteiger partial charge on any atom is -0.444 e. The molecule has 0 radical (unpaired) electrons. The predicted octanol–water partition coefficient (Wildman–Crippen LogP) is 2.23. The molecule has 22 heavy (non-hydrogen) atoms. The van der Waals surface area contributed by atoms with Crippen molar-refractivity contribution in [2.45, 2.75) is 39.2 Å². The number of methoxy groups -OCH3 is 1. The molecule has 0 N–H and O–H groups in total. The first-order valence-electron chi connectivity index (χ1n) is 7.95. The van der Waals surface area contributed by atoms with Crippen LogP contribution in [0, 0.1) is 0 Å². The summed E-state index contributed by atoms with van der Waals surface area (Å²) in [4.78, 5) is 15.7. The van der Waals surface area contributed by atoms with E-state index in [4.69, 9.17) is 14.2 Å². The Morgan fingerprint density at radius 2 is 1.59 bits per heavy atom. The third kappa shape index (κ3) is 12.9. The topological polar surface area (TPSA) is 51.2 Å². The van der Waals surface area contributed by atoms with Crippen molar-refractivity contribution >= 4 is 6.09 Å². The van der Waals surface area contributed by atoms with Crippen molar-refractivity contribution in [2.24, 2.45) is 0 Å². The molecule has 0 aliphatic heterocycles. The largest absolute Gasteiger partial charge is 0.444 e. The van der Waals surface area contributed by atoms with E-state index in [0.29, 0.717) is 19.8 Å². The zero-order chi connectivity index (χ0) is 17.0. The van der Waals surface area contributed by atoms with E-state index in [2.05, 4.69) is 11.9 Å². The van der Waals surface area contributed by atoms with Crippen LogP contribution in [0.4, 0.5) is 4.79 Å². The Bertz CT molecular complexity index is 292. The van der Waals surface area contributed by atoms with Crippen molar-refractivity contribution < 1.29 is 19.0 Å². The van der Waals surface area contributed by atoms with Crippen LogP contribution < -0.4 is 0 Å². The number of ether oxygens (including phenoxy) is 3. The fraction of sp³-hybridized carbons (Fsp3) is 0.938. The van der Waals surface area contributed by atoms with Gasteiger partial charge in [0.1, 0.15) is 5.60 Å². The Balaban J connectivity index is 3.62. The van der Waals surface area contributed by atoms with Gasteiger partial charge in [0.15, 0.2) is 0 Å². The van der Waals surface area contributed by atoms with Gasteiger partial charge < -0.3 is 24.0 Å². The number of nitrogens with zero attached hydrogens (tertiary/aromatic N) is 2. The van der Waals surface area contributed by atoms with Gasteiger partial charge in [0.2, 0.25) is 0 Å². The van der Waals surface area contributed by atoms with Gasteiger partial charge in [0, 0.05) is 33.9 Å². The molecule has 0 saturated heterocycles. The van der Waals surface area contributed by atoms with Crippen molar-refractivity contribution in [2.75, 3.05) is 60.7 Å². The average Bonchev–Trinajstić information content (AvgIpc) is 2.40. The smallest absolute Gasteiger partial charge is 0.410 e. The molecule has 0 spiro atoms. The van der Waals surface area contributed by atoms with Crippen molar-refractivity contribution in [3.63, 3.8) is 0 Å². The fourth-order valence-electron chi connectivity index (χ4n) is 1.80. The lowest BCUT2D eigenvalue weighted by Crippen LogP contribution is -2.35. The summed E-state index contributed by atoms with van der Waals surface area (Å²) >= 11 is 0. The molecular weight excluding hydrogens is 284 g/mol. The Kier molecular flexibility index (Phi) is 11.2. The SMILES string of the molecule is COCCOCCCN(C)CCCN(C)C(=O)OC(C)(C)C. The van der Waals surface area contributed by atoms with Crippen molar-refractivity contribution in [3.05, 3.63) is 0 Å². The highest BCUT2D eigenvalue weighted by Gasteiger charge is 2.19. The standard InChI is InChI=1S/C16H34N2O4/c1-16(2,3)22-15(19)18(5)11-7-9-17(4)10-8-12-21-14-13-20-6/h7-14H2,1-6H3. The summed E-state index contributed by atoms with van der Waals surface area (Å²) in [6, 6.07) is 0. The Morgan fingerprint density at radius 1 is 0.955 bits per heavy atom. The molecule has 1 amide bonds. The molecule has 6 nitrogen and oxygen atoms in total. The summed E-state index contributed by atoms with van der Waals surface area (Å²) < 4.78 is 15.7. The molecule has 0 aromatic rings. The molecule has 0 heterocycles. The molecule has 0 rings (SSSR count). The van der Waals surface area contributed by atoms with E-state index < -0.39 is 5.60 Å². The molecule has 0 bridgehead atoms. The van der Waals surface area contributed by atoms with Crippen LogP contribution in [-0.2, 0) is 14.2 Å². The van der Waals surface area contributed by atoms with Gasteiger partial charge in [-0.1, -0.05) is 0 Å². The van der Waals surface area contributed by atoms with Crippen molar-refractivity contribution in [1.29, 1.82) is 0 Å². The highest BCUT2D eigenvalue weighted by Crippen LogP contribution is 2.09. The van der Waals surface area contributed by atoms with E-state index in [-0.39, 0.29) is 6.09 Å². The van der Waals surface area contributed by atoms with E-state index in [0.717, 1.165) is 32.5 Å². The Labute approximate surface area is 135 Å². The highest BCUT2D eigenvalue weighted by molar-refractivity contribution is 5.67. The summed E-state index contributed by atoms with van der Waals surface area (Å²) in [6.07, 6.45) is 1.67. The van der Waals surface area contributed by atoms with Gasteiger partial charge in [-0.3, -0.25) is 0 Å². The summed E-state index contributed by atoms with van der Waals surface area (Å²) in [7, 11) is 5.53. The molecule has 0 aromatic carbocycles. The second-order valence-corrected chi connectivity index (χ2v) is 6.52. The predicted molar refractivity (Wildman–Crippen MR) is 88.3 cm³/mol. The Morgan fingerprint density at radius 3 is 2.18 bits per heavy atom. The number of carbonyl (C=O) groups is 1. The van der Waals surface area contributed by atoms with Crippen LogP contribution in [0.5, 0.6) is 0 Å². The van der Waals surface area contributed by atoms with Crippen LogP contribution in [0.1, 0.15) is 33.6 Å². The molecule has 0 aromatic heterocycles. The molecule has 132 valence electrons. The normalized spacial score (nSPS) is 11.8. The van der Waals surface area contributed by atoms with Crippen LogP contribution >= 0.6 is 0 Å². The van der Waals surface area contributed by atoms with Gasteiger partial charge in [-0.25, -0.2) is 4.79 Å². The Hall–Kier alpha value is -0.850. The molecule has 0 unspecified atom stereocenters. The summed E-state index contributed by atoms with van der Waals surface area (Å²) in [6.45, 7) is 10.3. The lowest BCUT2D eigenvalue weighted by Gasteiger charge is -2.25. The van der Waals surface area contributed by atoms with E-state index >= 15 is 0 Å². The number of rotatable bonds is 11. The van der Waals surface area contributed by atoms with E-state index in [1.807, 2.05) is 20.8 Å². The lowest BCUT2D eigenvalue weighted by molar-refractivity contribution is 0.0293. The van der Waals surface area contributed by atoms with Gasteiger partial charge in [-0.15, -0.1) is 0 Å². The van der Waals surface area contributed by atoms with Crippen molar-refractivity contribution in [3.8, 4) is 0 Å². The molecule has 0 aliphatic rings. The quantitative estimate of drug-likeness (QED) is 0.547.